The van der Waals surface area contributed by atoms with E-state index in [-0.39, 0.29) is 17.3 Å². The van der Waals surface area contributed by atoms with Gasteiger partial charge in [0.2, 0.25) is 5.91 Å². The number of benzene rings is 1. The lowest BCUT2D eigenvalue weighted by Crippen LogP contribution is -2.26. The van der Waals surface area contributed by atoms with Gasteiger partial charge in [-0.15, -0.1) is 11.7 Å². The molecule has 1 saturated heterocycles. The van der Waals surface area contributed by atoms with Crippen molar-refractivity contribution >= 4 is 35.0 Å². The average molecular weight is 333 g/mol. The molecule has 0 aliphatic carbocycles. The van der Waals surface area contributed by atoms with Gasteiger partial charge in [-0.25, -0.2) is 0 Å². The van der Waals surface area contributed by atoms with Crippen LogP contribution in [0.1, 0.15) is 17.5 Å². The zero-order valence-electron chi connectivity index (χ0n) is 12.1. The van der Waals surface area contributed by atoms with Crippen LogP contribution >= 0.6 is 11.8 Å². The summed E-state index contributed by atoms with van der Waals surface area (Å²) in [5.41, 5.74) is 1.21. The second-order valence-electron chi connectivity index (χ2n) is 4.69. The molecule has 1 unspecified atom stereocenters. The molecule has 1 aliphatic heterocycles. The molecule has 0 saturated carbocycles. The lowest BCUT2D eigenvalue weighted by molar-refractivity contribution is -0.138. The molecule has 8 heteroatoms. The molecule has 1 aromatic rings. The number of para-hydroxylation sites is 1. The Labute approximate surface area is 136 Å². The van der Waals surface area contributed by atoms with Crippen molar-refractivity contribution in [2.75, 3.05) is 0 Å². The molecule has 1 amide bonds. The Bertz CT molecular complexity index is 700. The van der Waals surface area contributed by atoms with Gasteiger partial charge >= 0.3 is 5.97 Å². The van der Waals surface area contributed by atoms with Crippen LogP contribution in [-0.2, 0) is 16.0 Å². The first-order chi connectivity index (χ1) is 11.0. The number of amides is 1. The van der Waals surface area contributed by atoms with Crippen LogP contribution in [0.4, 0.5) is 0 Å². The summed E-state index contributed by atoms with van der Waals surface area (Å²) in [4.78, 5) is 22.2. The number of phenols is 1. The fourth-order valence-electron chi connectivity index (χ4n) is 1.92. The predicted molar refractivity (Wildman–Crippen MR) is 88.8 cm³/mol. The van der Waals surface area contributed by atoms with Crippen molar-refractivity contribution in [1.29, 1.82) is 0 Å². The fourth-order valence-corrected chi connectivity index (χ4v) is 2.84. The quantitative estimate of drug-likeness (QED) is 0.415. The number of hydrogen-bond donors (Lipinski definition) is 3. The molecule has 1 aliphatic rings. The smallest absolute Gasteiger partial charge is 0.305 e. The normalized spacial score (nSPS) is 19.2. The van der Waals surface area contributed by atoms with E-state index in [1.54, 1.807) is 24.3 Å². The molecular formula is C15H15N3O4S. The number of aromatic hydroxyl groups is 1. The number of aliphatic carboxylic acids is 1. The third-order valence-corrected chi connectivity index (χ3v) is 4.07. The van der Waals surface area contributed by atoms with Gasteiger partial charge in [0.05, 0.1) is 12.6 Å². The van der Waals surface area contributed by atoms with E-state index in [4.69, 9.17) is 5.11 Å². The number of rotatable bonds is 6. The molecule has 1 aromatic carbocycles. The third-order valence-electron chi connectivity index (χ3n) is 3.00. The van der Waals surface area contributed by atoms with Crippen LogP contribution in [0.3, 0.4) is 0 Å². The number of allylic oxidation sites excluding steroid dienone is 1. The maximum atomic E-state index is 11.5. The Hall–Kier alpha value is -2.61. The van der Waals surface area contributed by atoms with Crippen LogP contribution in [0.2, 0.25) is 0 Å². The minimum absolute atomic E-state index is 0.100. The molecule has 0 spiro atoms. The highest BCUT2D eigenvalue weighted by molar-refractivity contribution is 8.15. The van der Waals surface area contributed by atoms with Gasteiger partial charge in [-0.05, 0) is 18.1 Å². The highest BCUT2D eigenvalue weighted by Crippen LogP contribution is 2.23. The number of amidine groups is 1. The Morgan fingerprint density at radius 1 is 1.48 bits per heavy atom. The Morgan fingerprint density at radius 3 is 2.96 bits per heavy atom. The number of thioether (sulfide) groups is 1. The SMILES string of the molecule is C=CCc1cccc(/C=N/N=C2\NC(=O)C(CC(=O)O)S2)c1O. The summed E-state index contributed by atoms with van der Waals surface area (Å²) in [6, 6.07) is 5.24. The Balaban J connectivity index is 2.07. The summed E-state index contributed by atoms with van der Waals surface area (Å²) >= 11 is 1.02. The number of phenolic OH excluding ortho intramolecular Hbond substituents is 1. The molecular weight excluding hydrogens is 318 g/mol. The van der Waals surface area contributed by atoms with Gasteiger partial charge in [-0.3, -0.25) is 9.59 Å². The summed E-state index contributed by atoms with van der Waals surface area (Å²) in [7, 11) is 0. The summed E-state index contributed by atoms with van der Waals surface area (Å²) in [5.74, 6) is -1.35. The van der Waals surface area contributed by atoms with Crippen molar-refractivity contribution in [2.24, 2.45) is 10.2 Å². The average Bonchev–Trinajstić information content (AvgIpc) is 2.82. The molecule has 120 valence electrons. The van der Waals surface area contributed by atoms with Gasteiger partial charge in [-0.2, -0.15) is 5.10 Å². The van der Waals surface area contributed by atoms with E-state index in [0.29, 0.717) is 12.0 Å². The van der Waals surface area contributed by atoms with Crippen LogP contribution in [0, 0.1) is 0 Å². The lowest BCUT2D eigenvalue weighted by atomic mass is 10.1. The molecule has 3 N–H and O–H groups in total. The van der Waals surface area contributed by atoms with Crippen LogP contribution < -0.4 is 5.32 Å². The Kier molecular flexibility index (Phi) is 5.53. The number of nitrogens with zero attached hydrogens (tertiary/aromatic N) is 2. The van der Waals surface area contributed by atoms with Crippen LogP contribution in [-0.4, -0.2) is 38.7 Å². The summed E-state index contributed by atoms with van der Waals surface area (Å²) < 4.78 is 0. The second-order valence-corrected chi connectivity index (χ2v) is 5.88. The molecule has 0 bridgehead atoms. The molecule has 2 rings (SSSR count). The van der Waals surface area contributed by atoms with E-state index >= 15 is 0 Å². The van der Waals surface area contributed by atoms with Gasteiger partial charge in [0.25, 0.3) is 0 Å². The van der Waals surface area contributed by atoms with E-state index < -0.39 is 17.1 Å². The van der Waals surface area contributed by atoms with Crippen molar-refractivity contribution < 1.29 is 19.8 Å². The summed E-state index contributed by atoms with van der Waals surface area (Å²) in [6.45, 7) is 3.62. The maximum absolute atomic E-state index is 11.5. The Morgan fingerprint density at radius 2 is 2.26 bits per heavy atom. The number of carboxylic acids is 1. The zero-order valence-corrected chi connectivity index (χ0v) is 12.9. The van der Waals surface area contributed by atoms with Crippen molar-refractivity contribution in [1.82, 2.24) is 5.32 Å². The first-order valence-electron chi connectivity index (χ1n) is 6.73. The molecule has 1 atom stereocenters. The van der Waals surface area contributed by atoms with Crippen LogP contribution in [0.25, 0.3) is 0 Å². The van der Waals surface area contributed by atoms with E-state index in [1.165, 1.54) is 6.21 Å². The molecule has 0 radical (unpaired) electrons. The van der Waals surface area contributed by atoms with Crippen molar-refractivity contribution in [3.8, 4) is 5.75 Å². The first-order valence-corrected chi connectivity index (χ1v) is 7.61. The van der Waals surface area contributed by atoms with Crippen molar-refractivity contribution in [3.05, 3.63) is 42.0 Å². The summed E-state index contributed by atoms with van der Waals surface area (Å²) in [6.07, 6.45) is 3.31. The second kappa shape index (κ2) is 7.59. The van der Waals surface area contributed by atoms with Gasteiger partial charge < -0.3 is 15.5 Å². The van der Waals surface area contributed by atoms with E-state index in [9.17, 15) is 14.7 Å². The minimum Gasteiger partial charge on any atom is -0.507 e. The minimum atomic E-state index is -1.05. The van der Waals surface area contributed by atoms with Gasteiger partial charge in [0.1, 0.15) is 11.0 Å². The predicted octanol–water partition coefficient (Wildman–Crippen LogP) is 1.52. The molecule has 1 heterocycles. The molecule has 1 fully saturated rings. The molecule has 23 heavy (non-hydrogen) atoms. The molecule has 7 nitrogen and oxygen atoms in total. The van der Waals surface area contributed by atoms with Crippen LogP contribution in [0.5, 0.6) is 5.75 Å². The maximum Gasteiger partial charge on any atom is 0.305 e. The largest absolute Gasteiger partial charge is 0.507 e. The lowest BCUT2D eigenvalue weighted by Gasteiger charge is -2.03. The van der Waals surface area contributed by atoms with E-state index in [1.807, 2.05) is 0 Å². The molecule has 0 aromatic heterocycles. The zero-order chi connectivity index (χ0) is 16.8. The number of carboxylic acid groups (broad SMARTS) is 1. The number of hydrogen-bond acceptors (Lipinski definition) is 6. The van der Waals surface area contributed by atoms with Crippen molar-refractivity contribution in [3.63, 3.8) is 0 Å². The van der Waals surface area contributed by atoms with Gasteiger partial charge in [0.15, 0.2) is 5.17 Å². The van der Waals surface area contributed by atoms with E-state index in [0.717, 1.165) is 17.3 Å². The fraction of sp³-hybridized carbons (Fsp3) is 0.200. The summed E-state index contributed by atoms with van der Waals surface area (Å²) in [5, 5.41) is 28.4. The number of nitrogens with one attached hydrogen (secondary N) is 1. The third kappa shape index (κ3) is 4.43. The monoisotopic (exact) mass is 333 g/mol. The van der Waals surface area contributed by atoms with E-state index in [2.05, 4.69) is 22.1 Å². The highest BCUT2D eigenvalue weighted by Gasteiger charge is 2.32. The standard InChI is InChI=1S/C15H15N3O4S/c1-2-4-9-5-3-6-10(13(9)21)8-16-18-15-17-14(22)11(23-15)7-12(19)20/h2-3,5-6,8,11,21H,1,4,7H2,(H,19,20)(H,17,18,22)/b16-8+. The van der Waals surface area contributed by atoms with Gasteiger partial charge in [-0.1, -0.05) is 30.0 Å². The first kappa shape index (κ1) is 16.8. The van der Waals surface area contributed by atoms with Crippen molar-refractivity contribution in [2.45, 2.75) is 18.1 Å². The number of carbonyl (C=O) groups is 2. The van der Waals surface area contributed by atoms with Crippen LogP contribution in [0.15, 0.2) is 41.1 Å². The topological polar surface area (TPSA) is 111 Å². The highest BCUT2D eigenvalue weighted by atomic mass is 32.2. The number of carbonyl (C=O) groups excluding carboxylic acids is 1. The van der Waals surface area contributed by atoms with Gasteiger partial charge in [0, 0.05) is 5.56 Å².